The molecule has 0 spiro atoms. The minimum atomic E-state index is -0.338. The fourth-order valence-corrected chi connectivity index (χ4v) is 2.73. The van der Waals surface area contributed by atoms with Gasteiger partial charge in [-0.3, -0.25) is 9.59 Å². The Bertz CT molecular complexity index is 771. The quantitative estimate of drug-likeness (QED) is 0.890. The van der Waals surface area contributed by atoms with Gasteiger partial charge in [-0.1, -0.05) is 12.1 Å². The minimum Gasteiger partial charge on any atom is -0.352 e. The van der Waals surface area contributed by atoms with Gasteiger partial charge in [-0.2, -0.15) is 0 Å². The number of nitrogens with one attached hydrogen (secondary N) is 1. The van der Waals surface area contributed by atoms with Crippen molar-refractivity contribution < 1.29 is 14.0 Å². The van der Waals surface area contributed by atoms with E-state index in [1.165, 1.54) is 18.3 Å². The first-order chi connectivity index (χ1) is 12.5. The predicted octanol–water partition coefficient (Wildman–Crippen LogP) is 1.21. The number of anilines is 1. The van der Waals surface area contributed by atoms with Crippen molar-refractivity contribution >= 4 is 17.6 Å². The molecular weight excluding hydrogens is 337 g/mol. The third-order valence-corrected chi connectivity index (χ3v) is 4.29. The van der Waals surface area contributed by atoms with Gasteiger partial charge in [-0.25, -0.2) is 14.4 Å². The molecule has 1 fully saturated rings. The van der Waals surface area contributed by atoms with Crippen molar-refractivity contribution in [2.75, 3.05) is 31.1 Å². The second-order valence-corrected chi connectivity index (χ2v) is 6.06. The van der Waals surface area contributed by atoms with Crippen molar-refractivity contribution in [2.24, 2.45) is 0 Å². The molecule has 136 valence electrons. The number of piperazine rings is 1. The van der Waals surface area contributed by atoms with Crippen molar-refractivity contribution in [3.8, 4) is 0 Å². The lowest BCUT2D eigenvalue weighted by molar-refractivity contribution is -0.129. The number of hydrogen-bond acceptors (Lipinski definition) is 5. The Hall–Kier alpha value is -3.03. The highest BCUT2D eigenvalue weighted by Gasteiger charge is 2.20. The molecule has 2 heterocycles. The van der Waals surface area contributed by atoms with Gasteiger partial charge in [0.2, 0.25) is 5.91 Å². The third-order valence-electron chi connectivity index (χ3n) is 4.29. The van der Waals surface area contributed by atoms with Gasteiger partial charge in [-0.05, 0) is 17.7 Å². The number of carbonyl (C=O) groups is 2. The molecule has 2 amide bonds. The molecule has 0 atom stereocenters. The molecule has 8 heteroatoms. The van der Waals surface area contributed by atoms with Gasteiger partial charge in [0.1, 0.15) is 17.3 Å². The van der Waals surface area contributed by atoms with Crippen LogP contribution in [0.5, 0.6) is 0 Å². The van der Waals surface area contributed by atoms with E-state index in [4.69, 9.17) is 0 Å². The topological polar surface area (TPSA) is 78.4 Å². The highest BCUT2D eigenvalue weighted by molar-refractivity contribution is 5.91. The van der Waals surface area contributed by atoms with E-state index in [2.05, 4.69) is 15.3 Å². The SMILES string of the molecule is CC(=O)N1CCN(c2cnc(C(=O)NCc3ccc(F)cc3)cn2)CC1. The molecule has 0 radical (unpaired) electrons. The number of benzene rings is 1. The van der Waals surface area contributed by atoms with Crippen molar-refractivity contribution in [1.82, 2.24) is 20.2 Å². The van der Waals surface area contributed by atoms with E-state index < -0.39 is 0 Å². The summed E-state index contributed by atoms with van der Waals surface area (Å²) in [5, 5.41) is 2.73. The number of halogens is 1. The Morgan fingerprint density at radius 3 is 2.35 bits per heavy atom. The van der Waals surface area contributed by atoms with E-state index in [1.807, 2.05) is 4.90 Å². The fraction of sp³-hybridized carbons (Fsp3) is 0.333. The van der Waals surface area contributed by atoms with Gasteiger partial charge in [0.05, 0.1) is 12.4 Å². The molecule has 1 aromatic heterocycles. The molecule has 0 unspecified atom stereocenters. The number of carbonyl (C=O) groups excluding carboxylic acids is 2. The zero-order valence-corrected chi connectivity index (χ0v) is 14.5. The molecule has 1 aromatic carbocycles. The van der Waals surface area contributed by atoms with Gasteiger partial charge < -0.3 is 15.1 Å². The third kappa shape index (κ3) is 4.33. The zero-order valence-electron chi connectivity index (χ0n) is 14.5. The summed E-state index contributed by atoms with van der Waals surface area (Å²) < 4.78 is 12.9. The van der Waals surface area contributed by atoms with Gasteiger partial charge in [0, 0.05) is 39.6 Å². The van der Waals surface area contributed by atoms with E-state index in [0.717, 1.165) is 5.56 Å². The Morgan fingerprint density at radius 2 is 1.77 bits per heavy atom. The second-order valence-electron chi connectivity index (χ2n) is 6.06. The molecule has 1 N–H and O–H groups in total. The van der Waals surface area contributed by atoms with Gasteiger partial charge in [-0.15, -0.1) is 0 Å². The van der Waals surface area contributed by atoms with Crippen LogP contribution in [0, 0.1) is 5.82 Å². The maximum atomic E-state index is 12.9. The first-order valence-corrected chi connectivity index (χ1v) is 8.38. The largest absolute Gasteiger partial charge is 0.352 e. The lowest BCUT2D eigenvalue weighted by Gasteiger charge is -2.34. The van der Waals surface area contributed by atoms with E-state index in [1.54, 1.807) is 30.2 Å². The molecule has 1 saturated heterocycles. The average Bonchev–Trinajstić information content (AvgIpc) is 2.67. The van der Waals surface area contributed by atoms with Crippen LogP contribution in [0.3, 0.4) is 0 Å². The molecule has 26 heavy (non-hydrogen) atoms. The van der Waals surface area contributed by atoms with Crippen LogP contribution in [0.15, 0.2) is 36.7 Å². The van der Waals surface area contributed by atoms with Crippen LogP contribution in [-0.2, 0) is 11.3 Å². The van der Waals surface area contributed by atoms with Gasteiger partial charge >= 0.3 is 0 Å². The molecule has 0 aliphatic carbocycles. The Balaban J connectivity index is 1.54. The highest BCUT2D eigenvalue weighted by Crippen LogP contribution is 2.12. The first kappa shape index (κ1) is 17.8. The summed E-state index contributed by atoms with van der Waals surface area (Å²) in [5.41, 5.74) is 1.02. The van der Waals surface area contributed by atoms with Gasteiger partial charge in [0.25, 0.3) is 5.91 Å². The second kappa shape index (κ2) is 7.90. The van der Waals surface area contributed by atoms with Gasteiger partial charge in [0.15, 0.2) is 0 Å². The Morgan fingerprint density at radius 1 is 1.08 bits per heavy atom. The maximum absolute atomic E-state index is 12.9. The van der Waals surface area contributed by atoms with E-state index in [9.17, 15) is 14.0 Å². The predicted molar refractivity (Wildman–Crippen MR) is 94.1 cm³/mol. The number of nitrogens with zero attached hydrogens (tertiary/aromatic N) is 4. The monoisotopic (exact) mass is 357 g/mol. The smallest absolute Gasteiger partial charge is 0.271 e. The van der Waals surface area contributed by atoms with E-state index in [0.29, 0.717) is 32.0 Å². The van der Waals surface area contributed by atoms with Crippen LogP contribution in [-0.4, -0.2) is 52.9 Å². The molecule has 0 saturated carbocycles. The van der Waals surface area contributed by atoms with Crippen molar-refractivity contribution in [3.05, 3.63) is 53.7 Å². The lowest BCUT2D eigenvalue weighted by Crippen LogP contribution is -2.48. The van der Waals surface area contributed by atoms with Crippen LogP contribution in [0.25, 0.3) is 0 Å². The van der Waals surface area contributed by atoms with Crippen LogP contribution in [0.4, 0.5) is 10.2 Å². The summed E-state index contributed by atoms with van der Waals surface area (Å²) >= 11 is 0. The molecule has 7 nitrogen and oxygen atoms in total. The molecular formula is C18H20FN5O2. The average molecular weight is 357 g/mol. The summed E-state index contributed by atoms with van der Waals surface area (Å²) in [4.78, 5) is 35.8. The zero-order chi connectivity index (χ0) is 18.5. The number of aromatic nitrogens is 2. The maximum Gasteiger partial charge on any atom is 0.271 e. The Kier molecular flexibility index (Phi) is 5.40. The summed E-state index contributed by atoms with van der Waals surface area (Å²) in [6.45, 7) is 4.52. The van der Waals surface area contributed by atoms with Crippen molar-refractivity contribution in [3.63, 3.8) is 0 Å². The molecule has 0 bridgehead atoms. The van der Waals surface area contributed by atoms with Crippen molar-refractivity contribution in [2.45, 2.75) is 13.5 Å². The summed E-state index contributed by atoms with van der Waals surface area (Å²) in [6, 6.07) is 5.93. The Labute approximate surface area is 150 Å². The summed E-state index contributed by atoms with van der Waals surface area (Å²) in [5.74, 6) is 0.104. The number of rotatable bonds is 4. The van der Waals surface area contributed by atoms with E-state index in [-0.39, 0.29) is 29.9 Å². The van der Waals surface area contributed by atoms with Crippen LogP contribution in [0.1, 0.15) is 23.0 Å². The summed E-state index contributed by atoms with van der Waals surface area (Å²) in [7, 11) is 0. The molecule has 2 aromatic rings. The highest BCUT2D eigenvalue weighted by atomic mass is 19.1. The fourth-order valence-electron chi connectivity index (χ4n) is 2.73. The normalized spacial score (nSPS) is 14.2. The van der Waals surface area contributed by atoms with Crippen LogP contribution < -0.4 is 10.2 Å². The number of hydrogen-bond donors (Lipinski definition) is 1. The van der Waals surface area contributed by atoms with E-state index >= 15 is 0 Å². The van der Waals surface area contributed by atoms with Crippen LogP contribution in [0.2, 0.25) is 0 Å². The van der Waals surface area contributed by atoms with Crippen molar-refractivity contribution in [1.29, 1.82) is 0 Å². The molecule has 1 aliphatic rings. The van der Waals surface area contributed by atoms with Crippen LogP contribution >= 0.6 is 0 Å². The molecule has 1 aliphatic heterocycles. The summed E-state index contributed by atoms with van der Waals surface area (Å²) in [6.07, 6.45) is 3.00. The number of amides is 2. The minimum absolute atomic E-state index is 0.0731. The first-order valence-electron chi connectivity index (χ1n) is 8.38. The molecule has 3 rings (SSSR count). The lowest BCUT2D eigenvalue weighted by atomic mass is 10.2. The standard InChI is InChI=1S/C18H20FN5O2/c1-13(25)23-6-8-24(9-7-23)17-12-20-16(11-21-17)18(26)22-10-14-2-4-15(19)5-3-14/h2-5,11-12H,6-10H2,1H3,(H,22,26).